The van der Waals surface area contributed by atoms with E-state index in [0.717, 1.165) is 6.42 Å². The van der Waals surface area contributed by atoms with E-state index in [2.05, 4.69) is 0 Å². The number of hydrogen-bond acceptors (Lipinski definition) is 4. The van der Waals surface area contributed by atoms with Gasteiger partial charge < -0.3 is 18.9 Å². The molecular formula is C12H17Cl3O4. The molecule has 0 aliphatic heterocycles. The van der Waals surface area contributed by atoms with Gasteiger partial charge in [0.25, 0.3) is 0 Å². The molecule has 0 unspecified atom stereocenters. The second-order valence-corrected chi connectivity index (χ2v) is 7.05. The van der Waals surface area contributed by atoms with Crippen molar-refractivity contribution in [3.8, 4) is 0 Å². The fourth-order valence-electron chi connectivity index (χ4n) is 4.45. The Morgan fingerprint density at radius 2 is 1.42 bits per heavy atom. The van der Waals surface area contributed by atoms with Crippen LogP contribution < -0.4 is 0 Å². The molecule has 0 radical (unpaired) electrons. The molecule has 0 amide bonds. The smallest absolute Gasteiger partial charge is 0.214 e. The minimum absolute atomic E-state index is 0.0986. The molecule has 5 atom stereocenters. The van der Waals surface area contributed by atoms with Gasteiger partial charge in [0.1, 0.15) is 10.3 Å². The third-order valence-electron chi connectivity index (χ3n) is 5.22. The zero-order valence-corrected chi connectivity index (χ0v) is 13.5. The maximum atomic E-state index is 6.95. The van der Waals surface area contributed by atoms with E-state index in [1.54, 1.807) is 0 Å². The van der Waals surface area contributed by atoms with Crippen molar-refractivity contribution in [2.75, 3.05) is 28.4 Å². The van der Waals surface area contributed by atoms with Gasteiger partial charge in [-0.1, -0.05) is 0 Å². The normalized spacial score (nSPS) is 52.3. The Morgan fingerprint density at radius 3 is 1.79 bits per heavy atom. The van der Waals surface area contributed by atoms with Crippen molar-refractivity contribution in [1.82, 2.24) is 0 Å². The summed E-state index contributed by atoms with van der Waals surface area (Å²) >= 11 is 20.4. The molecule has 4 nitrogen and oxygen atoms in total. The quantitative estimate of drug-likeness (QED) is 0.584. The van der Waals surface area contributed by atoms with E-state index < -0.39 is 26.7 Å². The van der Waals surface area contributed by atoms with Gasteiger partial charge >= 0.3 is 0 Å². The van der Waals surface area contributed by atoms with Crippen LogP contribution in [0.5, 0.6) is 0 Å². The summed E-state index contributed by atoms with van der Waals surface area (Å²) in [5, 5.41) is -0.683. The van der Waals surface area contributed by atoms with Gasteiger partial charge in [-0.25, -0.2) is 0 Å². The zero-order valence-electron chi connectivity index (χ0n) is 11.2. The lowest BCUT2D eigenvalue weighted by molar-refractivity contribution is -0.280. The van der Waals surface area contributed by atoms with Crippen LogP contribution in [0.25, 0.3) is 0 Å². The van der Waals surface area contributed by atoms with Gasteiger partial charge in [0.05, 0.1) is 0 Å². The van der Waals surface area contributed by atoms with Crippen LogP contribution in [0.1, 0.15) is 6.42 Å². The SMILES string of the molecule is COC1(OC)[C@H](Cl)[C@]2(Cl)[C@@H]3C[C@@H]3[C@@]1(Cl)C2(OC)OC. The molecule has 3 fully saturated rings. The van der Waals surface area contributed by atoms with Crippen molar-refractivity contribution in [2.24, 2.45) is 11.8 Å². The predicted molar refractivity (Wildman–Crippen MR) is 71.9 cm³/mol. The van der Waals surface area contributed by atoms with E-state index in [9.17, 15) is 0 Å². The molecule has 2 bridgehead atoms. The van der Waals surface area contributed by atoms with Crippen LogP contribution in [0.2, 0.25) is 0 Å². The topological polar surface area (TPSA) is 36.9 Å². The first-order chi connectivity index (χ1) is 8.87. The Balaban J connectivity index is 2.27. The summed E-state index contributed by atoms with van der Waals surface area (Å²) in [6, 6.07) is 0. The van der Waals surface area contributed by atoms with Gasteiger partial charge in [-0.05, 0) is 18.3 Å². The lowest BCUT2D eigenvalue weighted by Crippen LogP contribution is -2.63. The number of methoxy groups -OCH3 is 4. The van der Waals surface area contributed by atoms with Gasteiger partial charge in [0, 0.05) is 28.4 Å². The molecule has 110 valence electrons. The van der Waals surface area contributed by atoms with Crippen molar-refractivity contribution in [3.63, 3.8) is 0 Å². The summed E-state index contributed by atoms with van der Waals surface area (Å²) in [4.78, 5) is -2.05. The Hall–Kier alpha value is 0.710. The molecule has 0 N–H and O–H groups in total. The summed E-state index contributed by atoms with van der Waals surface area (Å²) in [6.45, 7) is 0. The van der Waals surface area contributed by atoms with Gasteiger partial charge in [-0.3, -0.25) is 0 Å². The molecule has 19 heavy (non-hydrogen) atoms. The molecule has 0 saturated heterocycles. The number of fused-ring (bicyclic) bond motifs is 5. The third-order valence-corrected chi connectivity index (χ3v) is 7.50. The Labute approximate surface area is 127 Å². The van der Waals surface area contributed by atoms with Crippen LogP contribution in [0, 0.1) is 11.8 Å². The number of alkyl halides is 3. The highest BCUT2D eigenvalue weighted by Gasteiger charge is 2.98. The number of ether oxygens (including phenoxy) is 4. The number of halogens is 3. The van der Waals surface area contributed by atoms with Crippen LogP contribution in [-0.2, 0) is 18.9 Å². The van der Waals surface area contributed by atoms with Crippen LogP contribution >= 0.6 is 34.8 Å². The fourth-order valence-corrected chi connectivity index (χ4v) is 6.71. The average molecular weight is 332 g/mol. The highest BCUT2D eigenvalue weighted by atomic mass is 35.5. The van der Waals surface area contributed by atoms with Crippen molar-refractivity contribution >= 4 is 34.8 Å². The second kappa shape index (κ2) is 3.92. The summed E-state index contributed by atoms with van der Waals surface area (Å²) in [5.41, 5.74) is 0. The average Bonchev–Trinajstić information content (AvgIpc) is 3.17. The summed E-state index contributed by atoms with van der Waals surface area (Å²) < 4.78 is 22.5. The van der Waals surface area contributed by atoms with Crippen LogP contribution in [-0.4, -0.2) is 55.1 Å². The second-order valence-electron chi connectivity index (χ2n) is 5.39. The lowest BCUT2D eigenvalue weighted by atomic mass is 9.91. The van der Waals surface area contributed by atoms with Crippen LogP contribution in [0.4, 0.5) is 0 Å². The lowest BCUT2D eigenvalue weighted by Gasteiger charge is -2.45. The highest BCUT2D eigenvalue weighted by molar-refractivity contribution is 6.39. The molecule has 7 heteroatoms. The Kier molecular flexibility index (Phi) is 3.02. The van der Waals surface area contributed by atoms with Gasteiger partial charge in [0.2, 0.25) is 11.6 Å². The van der Waals surface area contributed by atoms with E-state index in [1.807, 2.05) is 0 Å². The minimum Gasteiger partial charge on any atom is -0.350 e. The fraction of sp³-hybridized carbons (Fsp3) is 1.00. The molecule has 3 rings (SSSR count). The van der Waals surface area contributed by atoms with E-state index in [0.29, 0.717) is 0 Å². The first-order valence-electron chi connectivity index (χ1n) is 6.10. The Morgan fingerprint density at radius 1 is 0.895 bits per heavy atom. The first kappa shape index (κ1) is 14.6. The third kappa shape index (κ3) is 1.08. The molecule has 3 aliphatic rings. The van der Waals surface area contributed by atoms with Crippen molar-refractivity contribution in [3.05, 3.63) is 0 Å². The van der Waals surface area contributed by atoms with Crippen molar-refractivity contribution < 1.29 is 18.9 Å². The molecule has 0 aromatic rings. The number of hydrogen-bond donors (Lipinski definition) is 0. The molecular weight excluding hydrogens is 314 g/mol. The summed E-state index contributed by atoms with van der Waals surface area (Å²) in [5.74, 6) is -2.24. The largest absolute Gasteiger partial charge is 0.350 e. The monoisotopic (exact) mass is 330 g/mol. The van der Waals surface area contributed by atoms with Crippen LogP contribution in [0.3, 0.4) is 0 Å². The van der Waals surface area contributed by atoms with E-state index >= 15 is 0 Å². The molecule has 0 spiro atoms. The molecule has 3 saturated carbocycles. The summed E-state index contributed by atoms with van der Waals surface area (Å²) in [6.07, 6.45) is 0.874. The number of rotatable bonds is 4. The first-order valence-corrected chi connectivity index (χ1v) is 7.29. The van der Waals surface area contributed by atoms with Gasteiger partial charge in [0.15, 0.2) is 4.87 Å². The zero-order chi connectivity index (χ0) is 14.3. The maximum Gasteiger partial charge on any atom is 0.214 e. The van der Waals surface area contributed by atoms with Crippen LogP contribution in [0.15, 0.2) is 0 Å². The Bertz CT molecular complexity index is 410. The minimum atomic E-state index is -1.25. The van der Waals surface area contributed by atoms with E-state index in [4.69, 9.17) is 53.8 Å². The van der Waals surface area contributed by atoms with Crippen molar-refractivity contribution in [2.45, 2.75) is 33.1 Å². The van der Waals surface area contributed by atoms with Gasteiger partial charge in [-0.15, -0.1) is 34.8 Å². The maximum absolute atomic E-state index is 6.95. The summed E-state index contributed by atoms with van der Waals surface area (Å²) in [7, 11) is 6.07. The van der Waals surface area contributed by atoms with E-state index in [-0.39, 0.29) is 11.8 Å². The molecule has 0 aromatic carbocycles. The van der Waals surface area contributed by atoms with Crippen molar-refractivity contribution in [1.29, 1.82) is 0 Å². The molecule has 0 aromatic heterocycles. The van der Waals surface area contributed by atoms with Gasteiger partial charge in [-0.2, -0.15) is 0 Å². The molecule has 3 aliphatic carbocycles. The standard InChI is InChI=1S/C12H17Cl3O4/c1-16-11(17-2)8(13)9(14)6-5-7(6)10(11,15)12(9,18-3)19-4/h6-8H,5H2,1-4H3/t6-,7+,8-,9-,10+/m1/s1. The van der Waals surface area contributed by atoms with E-state index in [1.165, 1.54) is 28.4 Å². The predicted octanol–water partition coefficient (Wildman–Crippen LogP) is 2.19. The molecule has 0 heterocycles. The highest BCUT2D eigenvalue weighted by Crippen LogP contribution is 2.83.